The third-order valence-electron chi connectivity index (χ3n) is 5.47. The van der Waals surface area contributed by atoms with Gasteiger partial charge in [0.1, 0.15) is 11.5 Å². The lowest BCUT2D eigenvalue weighted by atomic mass is 9.85. The van der Waals surface area contributed by atoms with Crippen LogP contribution in [0.2, 0.25) is 0 Å². The summed E-state index contributed by atoms with van der Waals surface area (Å²) in [6, 6.07) is 10.9. The SMILES string of the molecule is O=C(O)CN(CC1CC1)C1CC(NC(=O)c2cccc(Oc3ccncc3)c2)C1. The van der Waals surface area contributed by atoms with Crippen LogP contribution in [0.15, 0.2) is 48.8 Å². The molecule has 0 atom stereocenters. The molecule has 1 heterocycles. The molecule has 1 aromatic carbocycles. The van der Waals surface area contributed by atoms with Crippen LogP contribution in [0.5, 0.6) is 11.5 Å². The predicted octanol–water partition coefficient (Wildman–Crippen LogP) is 2.93. The van der Waals surface area contributed by atoms with E-state index in [9.17, 15) is 9.59 Å². The summed E-state index contributed by atoms with van der Waals surface area (Å²) in [4.78, 5) is 29.8. The molecule has 2 saturated carbocycles. The molecule has 2 fully saturated rings. The summed E-state index contributed by atoms with van der Waals surface area (Å²) in [6.45, 7) is 0.933. The Morgan fingerprint density at radius 1 is 1.14 bits per heavy atom. The maximum Gasteiger partial charge on any atom is 0.317 e. The second kappa shape index (κ2) is 8.61. The van der Waals surface area contributed by atoms with Gasteiger partial charge >= 0.3 is 5.97 Å². The maximum atomic E-state index is 12.6. The van der Waals surface area contributed by atoms with Crippen molar-refractivity contribution in [1.29, 1.82) is 0 Å². The average Bonchev–Trinajstić information content (AvgIpc) is 3.48. The van der Waals surface area contributed by atoms with Crippen molar-refractivity contribution >= 4 is 11.9 Å². The minimum atomic E-state index is -0.788. The van der Waals surface area contributed by atoms with Crippen molar-refractivity contribution in [1.82, 2.24) is 15.2 Å². The van der Waals surface area contributed by atoms with Gasteiger partial charge in [0.05, 0.1) is 6.54 Å². The first-order valence-corrected chi connectivity index (χ1v) is 10.0. The minimum Gasteiger partial charge on any atom is -0.480 e. The molecule has 7 heteroatoms. The Morgan fingerprint density at radius 3 is 2.59 bits per heavy atom. The summed E-state index contributed by atoms with van der Waals surface area (Å²) in [5.74, 6) is 0.969. The van der Waals surface area contributed by atoms with E-state index in [0.717, 1.165) is 19.4 Å². The van der Waals surface area contributed by atoms with Crippen LogP contribution < -0.4 is 10.1 Å². The molecular weight excluding hydrogens is 370 g/mol. The molecule has 2 aliphatic carbocycles. The number of amides is 1. The summed E-state index contributed by atoms with van der Waals surface area (Å²) in [5, 5.41) is 12.2. The number of aliphatic carboxylic acids is 1. The van der Waals surface area contributed by atoms with Crippen LogP contribution in [0.4, 0.5) is 0 Å². The summed E-state index contributed by atoms with van der Waals surface area (Å²) in [6.07, 6.45) is 7.27. The van der Waals surface area contributed by atoms with Gasteiger partial charge in [0.2, 0.25) is 0 Å². The summed E-state index contributed by atoms with van der Waals surface area (Å²) >= 11 is 0. The molecule has 1 aromatic heterocycles. The van der Waals surface area contributed by atoms with Gasteiger partial charge < -0.3 is 15.2 Å². The Bertz CT molecular complexity index is 863. The molecule has 29 heavy (non-hydrogen) atoms. The minimum absolute atomic E-state index is 0.0766. The number of carbonyl (C=O) groups excluding carboxylic acids is 1. The van der Waals surface area contributed by atoms with Crippen molar-refractivity contribution < 1.29 is 19.4 Å². The van der Waals surface area contributed by atoms with Crippen molar-refractivity contribution in [3.63, 3.8) is 0 Å². The topological polar surface area (TPSA) is 91.8 Å². The molecule has 7 nitrogen and oxygen atoms in total. The number of aromatic nitrogens is 1. The monoisotopic (exact) mass is 395 g/mol. The van der Waals surface area contributed by atoms with Crippen LogP contribution in [-0.2, 0) is 4.79 Å². The Kier molecular flexibility index (Phi) is 5.76. The quantitative estimate of drug-likeness (QED) is 0.678. The molecule has 0 saturated heterocycles. The third-order valence-corrected chi connectivity index (χ3v) is 5.47. The fourth-order valence-corrected chi connectivity index (χ4v) is 3.66. The first-order chi connectivity index (χ1) is 14.1. The number of hydrogen-bond donors (Lipinski definition) is 2. The largest absolute Gasteiger partial charge is 0.480 e. The van der Waals surface area contributed by atoms with Gasteiger partial charge in [-0.1, -0.05) is 6.07 Å². The van der Waals surface area contributed by atoms with Gasteiger partial charge in [-0.25, -0.2) is 0 Å². The van der Waals surface area contributed by atoms with Gasteiger partial charge in [0, 0.05) is 36.6 Å². The number of benzene rings is 1. The van der Waals surface area contributed by atoms with E-state index >= 15 is 0 Å². The Balaban J connectivity index is 1.30. The Hall–Kier alpha value is -2.93. The van der Waals surface area contributed by atoms with Gasteiger partial charge in [-0.15, -0.1) is 0 Å². The van der Waals surface area contributed by atoms with Crippen LogP contribution >= 0.6 is 0 Å². The molecule has 0 spiro atoms. The van der Waals surface area contributed by atoms with Gasteiger partial charge in [-0.3, -0.25) is 19.5 Å². The molecular formula is C22H25N3O4. The van der Waals surface area contributed by atoms with Crippen LogP contribution in [0.1, 0.15) is 36.0 Å². The summed E-state index contributed by atoms with van der Waals surface area (Å²) in [5.41, 5.74) is 0.542. The highest BCUT2D eigenvalue weighted by Gasteiger charge is 2.37. The molecule has 2 aromatic rings. The predicted molar refractivity (Wildman–Crippen MR) is 107 cm³/mol. The van der Waals surface area contributed by atoms with Crippen molar-refractivity contribution in [2.75, 3.05) is 13.1 Å². The van der Waals surface area contributed by atoms with E-state index in [-0.39, 0.29) is 24.5 Å². The number of carbonyl (C=O) groups is 2. The van der Waals surface area contributed by atoms with Gasteiger partial charge in [0.15, 0.2) is 0 Å². The van der Waals surface area contributed by atoms with Crippen molar-refractivity contribution in [3.8, 4) is 11.5 Å². The number of nitrogens with one attached hydrogen (secondary N) is 1. The Labute approximate surface area is 169 Å². The number of carboxylic acid groups (broad SMARTS) is 1. The van der Waals surface area contributed by atoms with E-state index < -0.39 is 5.97 Å². The molecule has 0 unspecified atom stereocenters. The van der Waals surface area contributed by atoms with E-state index in [2.05, 4.69) is 15.2 Å². The second-order valence-electron chi connectivity index (χ2n) is 7.87. The zero-order valence-electron chi connectivity index (χ0n) is 16.2. The lowest BCUT2D eigenvalue weighted by molar-refractivity contribution is -0.139. The van der Waals surface area contributed by atoms with Crippen LogP contribution in [0.3, 0.4) is 0 Å². The fourth-order valence-electron chi connectivity index (χ4n) is 3.66. The van der Waals surface area contributed by atoms with Gasteiger partial charge in [-0.2, -0.15) is 0 Å². The van der Waals surface area contributed by atoms with E-state index in [1.54, 1.807) is 48.8 Å². The lowest BCUT2D eigenvalue weighted by Gasteiger charge is -2.42. The number of ether oxygens (including phenoxy) is 1. The molecule has 152 valence electrons. The highest BCUT2D eigenvalue weighted by atomic mass is 16.5. The number of carboxylic acids is 1. The standard InChI is InChI=1S/C22H25N3O4/c26-21(27)14-25(13-15-4-5-15)18-11-17(12-18)24-22(28)16-2-1-3-20(10-16)29-19-6-8-23-9-7-19/h1-3,6-10,15,17-18H,4-5,11-14H2,(H,24,28)(H,26,27). The van der Waals surface area contributed by atoms with Crippen molar-refractivity contribution in [2.45, 2.75) is 37.8 Å². The molecule has 4 rings (SSSR count). The molecule has 0 aliphatic heterocycles. The van der Waals surface area contributed by atoms with E-state index in [4.69, 9.17) is 9.84 Å². The van der Waals surface area contributed by atoms with E-state index in [0.29, 0.717) is 23.0 Å². The number of rotatable bonds is 9. The summed E-state index contributed by atoms with van der Waals surface area (Å²) in [7, 11) is 0. The molecule has 2 N–H and O–H groups in total. The van der Waals surface area contributed by atoms with Crippen molar-refractivity contribution in [2.24, 2.45) is 5.92 Å². The zero-order chi connectivity index (χ0) is 20.2. The van der Waals surface area contributed by atoms with Crippen molar-refractivity contribution in [3.05, 3.63) is 54.4 Å². The van der Waals surface area contributed by atoms with E-state index in [1.807, 2.05) is 0 Å². The average molecular weight is 395 g/mol. The Morgan fingerprint density at radius 2 is 1.90 bits per heavy atom. The fraction of sp³-hybridized carbons (Fsp3) is 0.409. The zero-order valence-corrected chi connectivity index (χ0v) is 16.2. The van der Waals surface area contributed by atoms with Crippen LogP contribution in [0.25, 0.3) is 0 Å². The first-order valence-electron chi connectivity index (χ1n) is 10.0. The number of pyridine rings is 1. The molecule has 0 radical (unpaired) electrons. The maximum absolute atomic E-state index is 12.6. The smallest absolute Gasteiger partial charge is 0.317 e. The summed E-state index contributed by atoms with van der Waals surface area (Å²) < 4.78 is 5.76. The number of nitrogens with zero attached hydrogens (tertiary/aromatic N) is 2. The lowest BCUT2D eigenvalue weighted by Crippen LogP contribution is -2.55. The highest BCUT2D eigenvalue weighted by Crippen LogP contribution is 2.34. The molecule has 2 aliphatic rings. The van der Waals surface area contributed by atoms with E-state index in [1.165, 1.54) is 12.8 Å². The van der Waals surface area contributed by atoms with Crippen LogP contribution in [-0.4, -0.2) is 52.0 Å². The third kappa shape index (κ3) is 5.32. The first kappa shape index (κ1) is 19.4. The highest BCUT2D eigenvalue weighted by molar-refractivity contribution is 5.94. The van der Waals surface area contributed by atoms with Gasteiger partial charge in [-0.05, 0) is 61.9 Å². The second-order valence-corrected chi connectivity index (χ2v) is 7.87. The van der Waals surface area contributed by atoms with Gasteiger partial charge in [0.25, 0.3) is 5.91 Å². The molecule has 0 bridgehead atoms. The van der Waals surface area contributed by atoms with Crippen LogP contribution in [0, 0.1) is 5.92 Å². The number of hydrogen-bond acceptors (Lipinski definition) is 5. The normalized spacial score (nSPS) is 20.7. The molecule has 1 amide bonds.